The highest BCUT2D eigenvalue weighted by Crippen LogP contribution is 2.15. The maximum atomic E-state index is 4.10. The molecule has 13 heavy (non-hydrogen) atoms. The Balaban J connectivity index is 3.03. The van der Waals surface area contributed by atoms with Gasteiger partial charge in [0.15, 0.2) is 5.84 Å². The summed E-state index contributed by atoms with van der Waals surface area (Å²) >= 11 is 0. The second-order valence-corrected chi connectivity index (χ2v) is 3.28. The zero-order valence-corrected chi connectivity index (χ0v) is 8.33. The molecule has 0 radical (unpaired) electrons. The summed E-state index contributed by atoms with van der Waals surface area (Å²) in [6, 6.07) is 0. The minimum atomic E-state index is 0.511. The monoisotopic (exact) mass is 177 g/mol. The maximum Gasteiger partial charge on any atom is 0.154 e. The van der Waals surface area contributed by atoms with E-state index in [1.165, 1.54) is 11.8 Å². The number of nitrogens with zero attached hydrogens (tertiary/aromatic N) is 2. The summed E-state index contributed by atoms with van der Waals surface area (Å²) in [6.45, 7) is 9.96. The van der Waals surface area contributed by atoms with Crippen molar-refractivity contribution in [2.45, 2.75) is 20.8 Å². The van der Waals surface area contributed by atoms with Gasteiger partial charge in [-0.15, -0.1) is 0 Å². The molecule has 0 atom stereocenters. The predicted octanol–water partition coefficient (Wildman–Crippen LogP) is 2.09. The average Bonchev–Trinajstić information content (AvgIpc) is 2.52. The van der Waals surface area contributed by atoms with Crippen LogP contribution in [-0.4, -0.2) is 12.1 Å². The van der Waals surface area contributed by atoms with E-state index in [4.69, 9.17) is 0 Å². The van der Waals surface area contributed by atoms with Crippen LogP contribution in [-0.2, 0) is 0 Å². The minimum absolute atomic E-state index is 0.511. The largest absolute Gasteiger partial charge is 0.261 e. The van der Waals surface area contributed by atoms with E-state index in [0.717, 1.165) is 11.4 Å². The first kappa shape index (κ1) is 9.71. The van der Waals surface area contributed by atoms with Crippen molar-refractivity contribution in [3.05, 3.63) is 23.9 Å². The quantitative estimate of drug-likeness (QED) is 0.689. The summed E-state index contributed by atoms with van der Waals surface area (Å²) in [6.07, 6.45) is 3.32. The standard InChI is InChI=1S/C10H15N3/c1-5-11-10-9(6-12-13-10)8(4)7(2)3/h5-7H,1H2,2-4H3,(H,11,13)/b9-8+. The smallest absolute Gasteiger partial charge is 0.154 e. The van der Waals surface area contributed by atoms with Gasteiger partial charge in [-0.1, -0.05) is 26.0 Å². The lowest BCUT2D eigenvalue weighted by molar-refractivity contribution is 0.767. The molecule has 0 aromatic rings. The van der Waals surface area contributed by atoms with Gasteiger partial charge in [-0.3, -0.25) is 5.43 Å². The molecule has 0 amide bonds. The number of rotatable bonds is 2. The number of aliphatic imine (C=N–C) groups is 1. The second kappa shape index (κ2) is 4.03. The van der Waals surface area contributed by atoms with Crippen LogP contribution in [0.1, 0.15) is 20.8 Å². The summed E-state index contributed by atoms with van der Waals surface area (Å²) in [7, 11) is 0. The molecule has 0 saturated heterocycles. The van der Waals surface area contributed by atoms with Crippen molar-refractivity contribution < 1.29 is 0 Å². The molecule has 0 spiro atoms. The van der Waals surface area contributed by atoms with Crippen LogP contribution in [0.5, 0.6) is 0 Å². The van der Waals surface area contributed by atoms with Gasteiger partial charge in [-0.2, -0.15) is 5.10 Å². The van der Waals surface area contributed by atoms with E-state index in [0.29, 0.717) is 5.92 Å². The number of nitrogens with one attached hydrogen (secondary N) is 1. The second-order valence-electron chi connectivity index (χ2n) is 3.28. The van der Waals surface area contributed by atoms with Crippen molar-refractivity contribution in [1.29, 1.82) is 0 Å². The number of hydrogen-bond donors (Lipinski definition) is 1. The van der Waals surface area contributed by atoms with Gasteiger partial charge in [0.25, 0.3) is 0 Å². The van der Waals surface area contributed by atoms with Crippen molar-refractivity contribution in [2.24, 2.45) is 16.0 Å². The summed E-state index contributed by atoms with van der Waals surface area (Å²) in [4.78, 5) is 4.10. The first-order chi connectivity index (χ1) is 6.16. The molecule has 1 N–H and O–H groups in total. The Morgan fingerprint density at radius 3 is 2.92 bits per heavy atom. The highest BCUT2D eigenvalue weighted by Gasteiger charge is 2.14. The maximum absolute atomic E-state index is 4.10. The molecule has 1 heterocycles. The molecule has 1 aliphatic heterocycles. The highest BCUT2D eigenvalue weighted by atomic mass is 15.3. The van der Waals surface area contributed by atoms with Crippen molar-refractivity contribution >= 4 is 12.1 Å². The van der Waals surface area contributed by atoms with Gasteiger partial charge in [-0.05, 0) is 12.8 Å². The number of hydrogen-bond acceptors (Lipinski definition) is 2. The molecular weight excluding hydrogens is 162 g/mol. The van der Waals surface area contributed by atoms with Crippen LogP contribution < -0.4 is 5.43 Å². The van der Waals surface area contributed by atoms with Crippen molar-refractivity contribution in [3.8, 4) is 0 Å². The molecule has 3 heteroatoms. The Kier molecular flexibility index (Phi) is 3.01. The van der Waals surface area contributed by atoms with Gasteiger partial charge in [0.1, 0.15) is 0 Å². The third-order valence-corrected chi connectivity index (χ3v) is 2.13. The Bertz CT molecular complexity index is 295. The zero-order chi connectivity index (χ0) is 9.84. The van der Waals surface area contributed by atoms with E-state index < -0.39 is 0 Å². The first-order valence-electron chi connectivity index (χ1n) is 4.35. The van der Waals surface area contributed by atoms with Crippen LogP contribution in [0, 0.1) is 5.92 Å². The fourth-order valence-electron chi connectivity index (χ4n) is 1.07. The number of hydrazone groups is 1. The van der Waals surface area contributed by atoms with E-state index in [1.807, 2.05) is 0 Å². The summed E-state index contributed by atoms with van der Waals surface area (Å²) in [5.41, 5.74) is 5.20. The highest BCUT2D eigenvalue weighted by molar-refractivity contribution is 6.18. The lowest BCUT2D eigenvalue weighted by atomic mass is 9.99. The SMILES string of the molecule is C=CN=C1NN=C/C1=C(/C)C(C)C. The molecular formula is C10H15N3. The summed E-state index contributed by atoms with van der Waals surface area (Å²) in [5.74, 6) is 1.30. The molecule has 0 bridgehead atoms. The summed E-state index contributed by atoms with van der Waals surface area (Å²) in [5, 5.41) is 3.96. The van der Waals surface area contributed by atoms with Crippen LogP contribution in [0.3, 0.4) is 0 Å². The van der Waals surface area contributed by atoms with Crippen LogP contribution >= 0.6 is 0 Å². The third kappa shape index (κ3) is 2.05. The van der Waals surface area contributed by atoms with Gasteiger partial charge in [0.05, 0.1) is 6.21 Å². The molecule has 0 aromatic carbocycles. The molecule has 0 aliphatic carbocycles. The van der Waals surface area contributed by atoms with Crippen molar-refractivity contribution in [1.82, 2.24) is 5.43 Å². The Morgan fingerprint density at radius 1 is 1.69 bits per heavy atom. The van der Waals surface area contributed by atoms with Crippen molar-refractivity contribution in [2.75, 3.05) is 0 Å². The molecule has 0 unspecified atom stereocenters. The normalized spacial score (nSPS) is 22.3. The molecule has 0 fully saturated rings. The first-order valence-corrected chi connectivity index (χ1v) is 4.35. The molecule has 1 aliphatic rings. The van der Waals surface area contributed by atoms with Gasteiger partial charge in [0.2, 0.25) is 0 Å². The van der Waals surface area contributed by atoms with Crippen LogP contribution in [0.2, 0.25) is 0 Å². The minimum Gasteiger partial charge on any atom is -0.261 e. The number of allylic oxidation sites excluding steroid dienone is 1. The van der Waals surface area contributed by atoms with Gasteiger partial charge >= 0.3 is 0 Å². The van der Waals surface area contributed by atoms with Crippen LogP contribution in [0.25, 0.3) is 0 Å². The lowest BCUT2D eigenvalue weighted by Crippen LogP contribution is -2.14. The summed E-state index contributed by atoms with van der Waals surface area (Å²) < 4.78 is 0. The average molecular weight is 177 g/mol. The van der Waals surface area contributed by atoms with E-state index in [2.05, 4.69) is 42.9 Å². The Morgan fingerprint density at radius 2 is 2.38 bits per heavy atom. The van der Waals surface area contributed by atoms with Gasteiger partial charge in [0, 0.05) is 11.8 Å². The van der Waals surface area contributed by atoms with E-state index in [9.17, 15) is 0 Å². The van der Waals surface area contributed by atoms with E-state index in [-0.39, 0.29) is 0 Å². The zero-order valence-electron chi connectivity index (χ0n) is 8.33. The topological polar surface area (TPSA) is 36.8 Å². The van der Waals surface area contributed by atoms with Gasteiger partial charge in [-0.25, -0.2) is 4.99 Å². The molecule has 0 saturated carbocycles. The molecule has 1 rings (SSSR count). The van der Waals surface area contributed by atoms with E-state index in [1.54, 1.807) is 6.21 Å². The fourth-order valence-corrected chi connectivity index (χ4v) is 1.07. The lowest BCUT2D eigenvalue weighted by Gasteiger charge is -2.07. The predicted molar refractivity (Wildman–Crippen MR) is 56.8 cm³/mol. The van der Waals surface area contributed by atoms with Crippen LogP contribution in [0.15, 0.2) is 34.0 Å². The van der Waals surface area contributed by atoms with Crippen molar-refractivity contribution in [3.63, 3.8) is 0 Å². The number of amidine groups is 1. The fraction of sp³-hybridized carbons (Fsp3) is 0.400. The van der Waals surface area contributed by atoms with E-state index >= 15 is 0 Å². The van der Waals surface area contributed by atoms with Crippen LogP contribution in [0.4, 0.5) is 0 Å². The molecule has 3 nitrogen and oxygen atoms in total. The Hall–Kier alpha value is -1.38. The third-order valence-electron chi connectivity index (χ3n) is 2.13. The Labute approximate surface area is 78.9 Å². The van der Waals surface area contributed by atoms with Gasteiger partial charge < -0.3 is 0 Å². The molecule has 0 aromatic heterocycles. The molecule has 70 valence electrons.